The fourth-order valence-corrected chi connectivity index (χ4v) is 0. The maximum Gasteiger partial charge on any atom is 0 e. The van der Waals surface area contributed by atoms with Gasteiger partial charge in [0, 0.05) is 8.41 Å². The van der Waals surface area contributed by atoms with Gasteiger partial charge in [-0.15, -0.1) is 0 Å². The topological polar surface area (TPSA) is 0 Å². The molecule has 0 aliphatic rings. The number of hydrogen-bond acceptors (Lipinski definition) is 0. The molecule has 3 radical (unpaired) electrons. The van der Waals surface area contributed by atoms with E-state index in [-0.39, 0.29) is 53.0 Å². The van der Waals surface area contributed by atoms with Gasteiger partial charge in [0.15, 0.2) is 0 Å². The molecule has 0 spiro atoms. The van der Waals surface area contributed by atoms with E-state index in [1.165, 1.54) is 0 Å². The molecule has 0 unspecified atom stereocenters. The lowest BCUT2D eigenvalue weighted by Gasteiger charge is -0.0786. The van der Waals surface area contributed by atoms with Crippen molar-refractivity contribution in [3.8, 4) is 0 Å². The number of hydrogen-bond donors (Lipinski definition) is 0. The smallest absolute Gasteiger partial charge is 0 e. The molecule has 0 atom stereocenters. The molecule has 0 saturated heterocycles. The molecule has 0 bridgehead atoms. The molecular formula is C6H24B. The lowest BCUT2D eigenvalue weighted by Crippen LogP contribution is -0.381. The Balaban J connectivity index is 0. The number of rotatable bonds is 0. The van der Waals surface area contributed by atoms with E-state index in [1.54, 1.807) is 0 Å². The summed E-state index contributed by atoms with van der Waals surface area (Å²) in [6, 6.07) is 0. The minimum atomic E-state index is 0. The molecular weight excluding hydrogens is 82.9 g/mol. The molecule has 1 heteroatoms. The van der Waals surface area contributed by atoms with Gasteiger partial charge in [0.2, 0.25) is 0 Å². The molecule has 0 aromatic rings. The standard InChI is InChI=1S/6CH4.B/h6*1H4;. The van der Waals surface area contributed by atoms with E-state index in [1.807, 2.05) is 0 Å². The van der Waals surface area contributed by atoms with Crippen LogP contribution in [0.25, 0.3) is 0 Å². The van der Waals surface area contributed by atoms with Gasteiger partial charge in [-0.2, -0.15) is 0 Å². The highest BCUT2D eigenvalue weighted by molar-refractivity contribution is 5.75. The molecule has 0 saturated carbocycles. The van der Waals surface area contributed by atoms with Crippen molar-refractivity contribution in [2.45, 2.75) is 44.6 Å². The van der Waals surface area contributed by atoms with Crippen molar-refractivity contribution in [1.82, 2.24) is 0 Å². The van der Waals surface area contributed by atoms with Crippen molar-refractivity contribution < 1.29 is 0 Å². The zero-order valence-corrected chi connectivity index (χ0v) is 0.577. The molecule has 0 N–H and O–H groups in total. The summed E-state index contributed by atoms with van der Waals surface area (Å²) >= 11 is 0. The summed E-state index contributed by atoms with van der Waals surface area (Å²) in [7, 11) is 0. The van der Waals surface area contributed by atoms with Crippen molar-refractivity contribution in [1.29, 1.82) is 0 Å². The van der Waals surface area contributed by atoms with Gasteiger partial charge in [-0.3, -0.25) is 0 Å². The van der Waals surface area contributed by atoms with Crippen LogP contribution in [-0.2, 0) is 0 Å². The summed E-state index contributed by atoms with van der Waals surface area (Å²) in [5.74, 6) is 0. The Bertz CT molecular complexity index is 4.14. The predicted molar refractivity (Wildman–Crippen MR) is 46.1 cm³/mol. The maximum absolute atomic E-state index is 0. The van der Waals surface area contributed by atoms with E-state index in [4.69, 9.17) is 0 Å². The molecule has 0 fully saturated rings. The molecule has 0 aromatic carbocycles. The summed E-state index contributed by atoms with van der Waals surface area (Å²) in [5, 5.41) is 0. The van der Waals surface area contributed by atoms with E-state index in [0.29, 0.717) is 0 Å². The fourth-order valence-electron chi connectivity index (χ4n) is 0. The summed E-state index contributed by atoms with van der Waals surface area (Å²) in [5.41, 5.74) is 0. The highest BCUT2D eigenvalue weighted by atomic mass is 12.0. The van der Waals surface area contributed by atoms with Gasteiger partial charge in [0.25, 0.3) is 0 Å². The Hall–Kier alpha value is 0.0649. The fraction of sp³-hybridized carbons (Fsp3) is 1.00. The van der Waals surface area contributed by atoms with Crippen LogP contribution >= 0.6 is 0 Å². The predicted octanol–water partition coefficient (Wildman–Crippen LogP) is 3.44. The second-order valence-electron chi connectivity index (χ2n) is 0. The average Bonchev–Trinajstić information content (AvgIpc) is 0. The van der Waals surface area contributed by atoms with E-state index < -0.39 is 0 Å². The van der Waals surface area contributed by atoms with Gasteiger partial charge in [0.1, 0.15) is 0 Å². The van der Waals surface area contributed by atoms with Crippen molar-refractivity contribution in [2.75, 3.05) is 0 Å². The lowest BCUT2D eigenvalue weighted by molar-refractivity contribution is 2.50. The van der Waals surface area contributed by atoms with Crippen LogP contribution in [0.1, 0.15) is 44.6 Å². The van der Waals surface area contributed by atoms with Crippen molar-refractivity contribution in [3.05, 3.63) is 0 Å². The maximum atomic E-state index is 0. The third-order valence-corrected chi connectivity index (χ3v) is 0. The van der Waals surface area contributed by atoms with Crippen LogP contribution in [0.4, 0.5) is 0 Å². The van der Waals surface area contributed by atoms with Crippen LogP contribution in [0, 0.1) is 0 Å². The molecule has 0 heterocycles. The van der Waals surface area contributed by atoms with Crippen LogP contribution in [0.3, 0.4) is 0 Å². The first-order valence-corrected chi connectivity index (χ1v) is 0. The zero-order valence-electron chi connectivity index (χ0n) is 0.577. The van der Waals surface area contributed by atoms with Gasteiger partial charge in [-0.25, -0.2) is 0 Å². The molecule has 51 valence electrons. The highest BCUT2D eigenvalue weighted by Crippen LogP contribution is 0.149. The van der Waals surface area contributed by atoms with E-state index in [9.17, 15) is 0 Å². The van der Waals surface area contributed by atoms with Gasteiger partial charge in [-0.05, 0) is 0 Å². The van der Waals surface area contributed by atoms with E-state index in [2.05, 4.69) is 0 Å². The Kier molecular flexibility index (Phi) is 325000000. The highest BCUT2D eigenvalue weighted by Gasteiger charge is 0.0000826. The first-order chi connectivity index (χ1) is 0. The second kappa shape index (κ2) is 36900. The summed E-state index contributed by atoms with van der Waals surface area (Å²) in [4.78, 5) is 0. The SMILES string of the molecule is C.C.C.C.C.C.[B]. The van der Waals surface area contributed by atoms with Gasteiger partial charge in [0.05, 0.1) is 0 Å². The molecule has 0 aliphatic heterocycles. The molecule has 0 amide bonds. The largest absolute Gasteiger partial charge is 0.0776 e. The minimum Gasteiger partial charge on any atom is -0.0776 e. The van der Waals surface area contributed by atoms with Crippen LogP contribution in [0.2, 0.25) is 0 Å². The van der Waals surface area contributed by atoms with Gasteiger partial charge < -0.3 is 0 Å². The van der Waals surface area contributed by atoms with Crippen molar-refractivity contribution in [3.63, 3.8) is 0 Å². The van der Waals surface area contributed by atoms with Crippen LogP contribution < -0.4 is 0 Å². The van der Waals surface area contributed by atoms with Crippen LogP contribution in [0.15, 0.2) is 0 Å². The first-order valence-electron chi connectivity index (χ1n) is 0. The quantitative estimate of drug-likeness (QED) is 0.416. The first kappa shape index (κ1) is 61600. The summed E-state index contributed by atoms with van der Waals surface area (Å²) < 4.78 is 0. The summed E-state index contributed by atoms with van der Waals surface area (Å²) in [6.45, 7) is 0. The Morgan fingerprint density at radius 1 is 0.286 bits per heavy atom. The Morgan fingerprint density at radius 3 is 0.286 bits per heavy atom. The zero-order chi connectivity index (χ0) is 0. The Morgan fingerprint density at radius 2 is 0.286 bits per heavy atom. The average molecular weight is 107 g/mol. The van der Waals surface area contributed by atoms with Crippen LogP contribution in [-0.4, -0.2) is 8.41 Å². The lowest BCUT2D eigenvalue weighted by atomic mass is 10.8. The van der Waals surface area contributed by atoms with E-state index >= 15 is 0 Å². The summed E-state index contributed by atoms with van der Waals surface area (Å²) in [6.07, 6.45) is 0. The normalized spacial score (nSPS) is 0. The van der Waals surface area contributed by atoms with Gasteiger partial charge >= 0.3 is 0 Å². The third kappa shape index (κ3) is 23800. The molecule has 0 rings (SSSR count). The van der Waals surface area contributed by atoms with Crippen molar-refractivity contribution >= 4 is 8.41 Å². The molecule has 0 aromatic heterocycles. The van der Waals surface area contributed by atoms with Crippen LogP contribution in [0.5, 0.6) is 0 Å². The molecule has 7 heavy (non-hydrogen) atoms. The van der Waals surface area contributed by atoms with Crippen molar-refractivity contribution in [2.24, 2.45) is 0 Å². The monoisotopic (exact) mass is 107 g/mol. The van der Waals surface area contributed by atoms with Gasteiger partial charge in [-0.1, -0.05) is 44.6 Å². The molecule has 0 nitrogen and oxygen atoms in total. The Labute approximate surface area is 53.9 Å². The third-order valence-electron chi connectivity index (χ3n) is 0. The van der Waals surface area contributed by atoms with E-state index in [0.717, 1.165) is 0 Å². The second-order valence-corrected chi connectivity index (χ2v) is 0. The molecule has 0 aliphatic carbocycles. The minimum absolute atomic E-state index is 0.